The van der Waals surface area contributed by atoms with E-state index in [-0.39, 0.29) is 17.5 Å². The number of nitrogens with one attached hydrogen (secondary N) is 1. The van der Waals surface area contributed by atoms with Crippen LogP contribution in [0.1, 0.15) is 17.4 Å². The lowest BCUT2D eigenvalue weighted by Crippen LogP contribution is -2.06. The first kappa shape index (κ1) is 16.5. The third-order valence-electron chi connectivity index (χ3n) is 3.52. The molecule has 0 fully saturated rings. The second kappa shape index (κ2) is 6.67. The van der Waals surface area contributed by atoms with E-state index < -0.39 is 0 Å². The average Bonchev–Trinajstić information content (AvgIpc) is 2.94. The summed E-state index contributed by atoms with van der Waals surface area (Å²) in [7, 11) is 0. The van der Waals surface area contributed by atoms with Gasteiger partial charge < -0.3 is 10.4 Å². The Kier molecular flexibility index (Phi) is 4.41. The second-order valence-electron chi connectivity index (χ2n) is 5.26. The Labute approximate surface area is 147 Å². The Balaban J connectivity index is 2.16. The fraction of sp³-hybridized carbons (Fsp3) is 0.118. The van der Waals surface area contributed by atoms with Crippen molar-refractivity contribution in [1.29, 1.82) is 5.26 Å². The Morgan fingerprint density at radius 1 is 1.32 bits per heavy atom. The van der Waals surface area contributed by atoms with Crippen molar-refractivity contribution in [3.8, 4) is 11.8 Å². The highest BCUT2D eigenvalue weighted by molar-refractivity contribution is 7.06. The third-order valence-corrected chi connectivity index (χ3v) is 4.26. The van der Waals surface area contributed by atoms with Gasteiger partial charge in [0.15, 0.2) is 0 Å². The maximum Gasteiger partial charge on any atom is 0.221 e. The number of rotatable bonds is 3. The molecule has 0 bridgehead atoms. The van der Waals surface area contributed by atoms with Gasteiger partial charge in [-0.05, 0) is 36.7 Å². The first-order chi connectivity index (χ1) is 12.0. The number of azo groups is 1. The maximum absolute atomic E-state index is 11.4. The average molecular weight is 351 g/mol. The van der Waals surface area contributed by atoms with E-state index in [0.717, 1.165) is 4.88 Å². The first-order valence-electron chi connectivity index (χ1n) is 7.31. The number of fused-ring (bicyclic) bond motifs is 1. The van der Waals surface area contributed by atoms with Gasteiger partial charge in [0.2, 0.25) is 11.7 Å². The Bertz CT molecular complexity index is 1050. The highest BCUT2D eigenvalue weighted by atomic mass is 32.1. The highest BCUT2D eigenvalue weighted by Crippen LogP contribution is 2.38. The summed E-state index contributed by atoms with van der Waals surface area (Å²) in [6.07, 6.45) is 0. The van der Waals surface area contributed by atoms with Crippen molar-refractivity contribution in [2.75, 3.05) is 5.32 Å². The molecule has 0 atom stereocenters. The molecule has 0 radical (unpaired) electrons. The standard InChI is InChI=1S/C17H13N5O2S/c1-9-12(8-18)17(22-25-9)21-20-14-6-7-15(24)11-4-3-5-13(16(11)14)19-10(2)23/h3-7,24H,1-2H3,(H,19,23)/b21-20+. The molecule has 0 aliphatic heterocycles. The van der Waals surface area contributed by atoms with E-state index in [0.29, 0.717) is 27.7 Å². The summed E-state index contributed by atoms with van der Waals surface area (Å²) in [5.41, 5.74) is 1.36. The van der Waals surface area contributed by atoms with Gasteiger partial charge in [0, 0.05) is 22.6 Å². The number of nitrogens with zero attached hydrogens (tertiary/aromatic N) is 4. The predicted molar refractivity (Wildman–Crippen MR) is 95.7 cm³/mol. The van der Waals surface area contributed by atoms with Gasteiger partial charge >= 0.3 is 0 Å². The minimum atomic E-state index is -0.236. The number of aryl methyl sites for hydroxylation is 1. The van der Waals surface area contributed by atoms with E-state index >= 15 is 0 Å². The van der Waals surface area contributed by atoms with Crippen molar-refractivity contribution in [3.63, 3.8) is 0 Å². The van der Waals surface area contributed by atoms with Gasteiger partial charge in [-0.2, -0.15) is 9.64 Å². The number of hydrogen-bond donors (Lipinski definition) is 2. The van der Waals surface area contributed by atoms with Crippen LogP contribution in [0.25, 0.3) is 10.8 Å². The zero-order valence-electron chi connectivity index (χ0n) is 13.4. The zero-order chi connectivity index (χ0) is 18.0. The van der Waals surface area contributed by atoms with Crippen molar-refractivity contribution >= 4 is 45.4 Å². The number of carbonyl (C=O) groups is 1. The molecular weight excluding hydrogens is 338 g/mol. The number of nitriles is 1. The van der Waals surface area contributed by atoms with Crippen LogP contribution in [0, 0.1) is 18.3 Å². The molecule has 0 saturated carbocycles. The lowest BCUT2D eigenvalue weighted by molar-refractivity contribution is -0.114. The Morgan fingerprint density at radius 3 is 2.84 bits per heavy atom. The molecule has 1 heterocycles. The summed E-state index contributed by atoms with van der Waals surface area (Å²) in [4.78, 5) is 12.2. The minimum Gasteiger partial charge on any atom is -0.507 e. The van der Waals surface area contributed by atoms with E-state index in [1.54, 1.807) is 31.2 Å². The molecule has 2 aromatic carbocycles. The summed E-state index contributed by atoms with van der Waals surface area (Å²) in [5.74, 6) is 0.0900. The summed E-state index contributed by atoms with van der Waals surface area (Å²) in [6, 6.07) is 10.3. The molecule has 1 aromatic heterocycles. The molecule has 8 heteroatoms. The van der Waals surface area contributed by atoms with Gasteiger partial charge in [0.05, 0.1) is 11.4 Å². The molecule has 2 N–H and O–H groups in total. The molecule has 3 aromatic rings. The molecule has 0 spiro atoms. The molecule has 0 aliphatic rings. The van der Waals surface area contributed by atoms with E-state index in [1.807, 2.05) is 0 Å². The van der Waals surface area contributed by atoms with Crippen LogP contribution >= 0.6 is 11.5 Å². The molecule has 7 nitrogen and oxygen atoms in total. The van der Waals surface area contributed by atoms with Gasteiger partial charge in [-0.1, -0.05) is 12.1 Å². The van der Waals surface area contributed by atoms with Gasteiger partial charge in [-0.15, -0.1) is 10.2 Å². The van der Waals surface area contributed by atoms with E-state index in [9.17, 15) is 15.2 Å². The summed E-state index contributed by atoms with van der Waals surface area (Å²) < 4.78 is 4.11. The molecule has 0 aliphatic carbocycles. The second-order valence-corrected chi connectivity index (χ2v) is 6.24. The third kappa shape index (κ3) is 3.18. The fourth-order valence-corrected chi connectivity index (χ4v) is 2.99. The number of benzene rings is 2. The van der Waals surface area contributed by atoms with E-state index in [1.165, 1.54) is 24.5 Å². The van der Waals surface area contributed by atoms with Crippen molar-refractivity contribution in [3.05, 3.63) is 40.8 Å². The lowest BCUT2D eigenvalue weighted by Gasteiger charge is -2.10. The predicted octanol–water partition coefficient (Wildman–Crippen LogP) is 4.56. The van der Waals surface area contributed by atoms with Crippen LogP contribution in [-0.4, -0.2) is 15.4 Å². The molecule has 124 valence electrons. The van der Waals surface area contributed by atoms with Crippen molar-refractivity contribution in [2.45, 2.75) is 13.8 Å². The van der Waals surface area contributed by atoms with Crippen LogP contribution in [-0.2, 0) is 4.79 Å². The number of anilines is 1. The van der Waals surface area contributed by atoms with Gasteiger partial charge in [-0.3, -0.25) is 4.79 Å². The largest absolute Gasteiger partial charge is 0.507 e. The van der Waals surface area contributed by atoms with E-state index in [4.69, 9.17) is 0 Å². The fourth-order valence-electron chi connectivity index (χ4n) is 2.41. The Morgan fingerprint density at radius 2 is 2.12 bits per heavy atom. The smallest absolute Gasteiger partial charge is 0.221 e. The molecule has 0 saturated heterocycles. The van der Waals surface area contributed by atoms with Gasteiger partial charge in [0.1, 0.15) is 17.4 Å². The number of phenols is 1. The quantitative estimate of drug-likeness (QED) is 0.674. The summed E-state index contributed by atoms with van der Waals surface area (Å²) >= 11 is 1.19. The molecule has 25 heavy (non-hydrogen) atoms. The van der Waals surface area contributed by atoms with Crippen molar-refractivity contribution in [2.24, 2.45) is 10.2 Å². The van der Waals surface area contributed by atoms with Crippen LogP contribution in [0.3, 0.4) is 0 Å². The minimum absolute atomic E-state index is 0.0726. The molecular formula is C17H13N5O2S. The number of phenolic OH excluding ortho intramolecular Hbond substituents is 1. The maximum atomic E-state index is 11.4. The molecule has 1 amide bonds. The van der Waals surface area contributed by atoms with Crippen LogP contribution in [0.5, 0.6) is 5.75 Å². The van der Waals surface area contributed by atoms with Crippen molar-refractivity contribution in [1.82, 2.24) is 4.37 Å². The number of hydrogen-bond acceptors (Lipinski definition) is 7. The van der Waals surface area contributed by atoms with Crippen LogP contribution in [0.15, 0.2) is 40.6 Å². The number of carbonyl (C=O) groups excluding carboxylic acids is 1. The molecule has 0 unspecified atom stereocenters. The normalized spacial score (nSPS) is 10.9. The topological polar surface area (TPSA) is 111 Å². The van der Waals surface area contributed by atoms with Gasteiger partial charge in [-0.25, -0.2) is 0 Å². The lowest BCUT2D eigenvalue weighted by atomic mass is 10.1. The number of amides is 1. The summed E-state index contributed by atoms with van der Waals surface area (Å²) in [6.45, 7) is 3.19. The monoisotopic (exact) mass is 351 g/mol. The van der Waals surface area contributed by atoms with E-state index in [2.05, 4.69) is 26.0 Å². The van der Waals surface area contributed by atoms with Crippen LogP contribution in [0.4, 0.5) is 17.2 Å². The number of aromatic nitrogens is 1. The summed E-state index contributed by atoms with van der Waals surface area (Å²) in [5, 5.41) is 31.3. The molecule has 3 rings (SSSR count). The first-order valence-corrected chi connectivity index (χ1v) is 8.09. The zero-order valence-corrected chi connectivity index (χ0v) is 14.3. The van der Waals surface area contributed by atoms with Gasteiger partial charge in [0.25, 0.3) is 0 Å². The SMILES string of the molecule is CC(=O)Nc1cccc2c(O)ccc(/N=N/c3nsc(C)c3C#N)c12. The van der Waals surface area contributed by atoms with Crippen LogP contribution < -0.4 is 5.32 Å². The van der Waals surface area contributed by atoms with Crippen LogP contribution in [0.2, 0.25) is 0 Å². The number of aromatic hydroxyl groups is 1. The Hall–Kier alpha value is -3.31. The van der Waals surface area contributed by atoms with Crippen molar-refractivity contribution < 1.29 is 9.90 Å². The highest BCUT2D eigenvalue weighted by Gasteiger charge is 2.12.